The van der Waals surface area contributed by atoms with Crippen LogP contribution in [0.4, 0.5) is 0 Å². The molecule has 6 nitrogen and oxygen atoms in total. The van der Waals surface area contributed by atoms with Gasteiger partial charge >= 0.3 is 0 Å². The number of sulfonamides is 1. The van der Waals surface area contributed by atoms with Gasteiger partial charge in [-0.05, 0) is 43.7 Å². The zero-order valence-corrected chi connectivity index (χ0v) is 16.9. The molecule has 3 rings (SSSR count). The van der Waals surface area contributed by atoms with Crippen molar-refractivity contribution in [2.75, 3.05) is 26.2 Å². The number of benzene rings is 2. The van der Waals surface area contributed by atoms with Crippen molar-refractivity contribution in [1.29, 1.82) is 0 Å². The molecule has 1 fully saturated rings. The van der Waals surface area contributed by atoms with Crippen LogP contribution in [0.3, 0.4) is 0 Å². The highest BCUT2D eigenvalue weighted by Gasteiger charge is 2.34. The van der Waals surface area contributed by atoms with Crippen LogP contribution in [0.5, 0.6) is 0 Å². The molecule has 1 aliphatic rings. The number of amides is 1. The minimum atomic E-state index is -3.52. The van der Waals surface area contributed by atoms with E-state index in [0.29, 0.717) is 31.1 Å². The van der Waals surface area contributed by atoms with Gasteiger partial charge in [0.15, 0.2) is 6.04 Å². The molecule has 0 aliphatic carbocycles. The summed E-state index contributed by atoms with van der Waals surface area (Å²) in [4.78, 5) is 13.7. The van der Waals surface area contributed by atoms with E-state index >= 15 is 0 Å². The number of nitrogens with one attached hydrogen (secondary N) is 2. The third kappa shape index (κ3) is 4.31. The van der Waals surface area contributed by atoms with Crippen molar-refractivity contribution in [3.8, 4) is 0 Å². The SMILES string of the molecule is CC(C)NC(=O)[C@H](C)[NH+]1CCN(S(=O)(=O)c2ccc3ccccc3c2)CC1. The van der Waals surface area contributed by atoms with E-state index in [9.17, 15) is 13.2 Å². The van der Waals surface area contributed by atoms with Crippen LogP contribution in [-0.2, 0) is 14.8 Å². The summed E-state index contributed by atoms with van der Waals surface area (Å²) in [5.41, 5.74) is 0. The van der Waals surface area contributed by atoms with E-state index in [1.54, 1.807) is 12.1 Å². The van der Waals surface area contributed by atoms with E-state index in [4.69, 9.17) is 0 Å². The maximum Gasteiger partial charge on any atom is 0.278 e. The van der Waals surface area contributed by atoms with Gasteiger partial charge in [-0.25, -0.2) is 8.42 Å². The second-order valence-corrected chi connectivity index (χ2v) is 9.39. The molecule has 0 saturated carbocycles. The Balaban J connectivity index is 1.69. The fourth-order valence-corrected chi connectivity index (χ4v) is 5.00. The topological polar surface area (TPSA) is 70.9 Å². The maximum absolute atomic E-state index is 13.0. The van der Waals surface area contributed by atoms with Gasteiger partial charge < -0.3 is 10.2 Å². The summed E-state index contributed by atoms with van der Waals surface area (Å²) < 4.78 is 27.6. The minimum Gasteiger partial charge on any atom is -0.349 e. The van der Waals surface area contributed by atoms with Crippen LogP contribution in [0, 0.1) is 0 Å². The van der Waals surface area contributed by atoms with Crippen LogP contribution in [0.1, 0.15) is 20.8 Å². The number of hydrogen-bond acceptors (Lipinski definition) is 3. The molecule has 7 heteroatoms. The van der Waals surface area contributed by atoms with Crippen molar-refractivity contribution in [3.63, 3.8) is 0 Å². The van der Waals surface area contributed by atoms with Crippen molar-refractivity contribution in [3.05, 3.63) is 42.5 Å². The molecule has 0 spiro atoms. The van der Waals surface area contributed by atoms with Crippen LogP contribution in [0.2, 0.25) is 0 Å². The normalized spacial score (nSPS) is 17.9. The molecule has 1 heterocycles. The van der Waals surface area contributed by atoms with E-state index in [0.717, 1.165) is 15.7 Å². The van der Waals surface area contributed by atoms with Gasteiger partial charge in [0.05, 0.1) is 31.1 Å². The largest absolute Gasteiger partial charge is 0.349 e. The number of nitrogens with zero attached hydrogens (tertiary/aromatic N) is 1. The van der Waals surface area contributed by atoms with Gasteiger partial charge in [-0.3, -0.25) is 4.79 Å². The Labute approximate surface area is 161 Å². The van der Waals surface area contributed by atoms with Crippen molar-refractivity contribution in [2.45, 2.75) is 37.8 Å². The average molecular weight is 391 g/mol. The third-order valence-corrected chi connectivity index (χ3v) is 7.05. The van der Waals surface area contributed by atoms with Gasteiger partial charge in [-0.15, -0.1) is 0 Å². The molecule has 2 aromatic rings. The van der Waals surface area contributed by atoms with E-state index in [1.807, 2.05) is 51.1 Å². The first-order valence-electron chi connectivity index (χ1n) is 9.43. The third-order valence-electron chi connectivity index (χ3n) is 5.16. The monoisotopic (exact) mass is 390 g/mol. The lowest BCUT2D eigenvalue weighted by atomic mass is 10.1. The van der Waals surface area contributed by atoms with E-state index in [-0.39, 0.29) is 18.0 Å². The Bertz CT molecular complexity index is 919. The molecule has 1 atom stereocenters. The van der Waals surface area contributed by atoms with Crippen LogP contribution >= 0.6 is 0 Å². The van der Waals surface area contributed by atoms with Crippen molar-refractivity contribution >= 4 is 26.7 Å². The molecule has 146 valence electrons. The Kier molecular flexibility index (Phi) is 5.83. The molecule has 2 aromatic carbocycles. The predicted molar refractivity (Wildman–Crippen MR) is 106 cm³/mol. The number of rotatable bonds is 5. The van der Waals surface area contributed by atoms with E-state index in [2.05, 4.69) is 5.32 Å². The van der Waals surface area contributed by atoms with Crippen LogP contribution in [0.15, 0.2) is 47.4 Å². The Morgan fingerprint density at radius 2 is 1.67 bits per heavy atom. The first-order valence-corrected chi connectivity index (χ1v) is 10.9. The summed E-state index contributed by atoms with van der Waals surface area (Å²) in [6.45, 7) is 7.87. The quantitative estimate of drug-likeness (QED) is 0.787. The number of quaternary nitrogens is 1. The Hall–Kier alpha value is -1.96. The molecule has 0 bridgehead atoms. The fourth-order valence-electron chi connectivity index (χ4n) is 3.52. The highest BCUT2D eigenvalue weighted by Crippen LogP contribution is 2.21. The first-order chi connectivity index (χ1) is 12.8. The standard InChI is InChI=1S/C20H27N3O3S/c1-15(2)21-20(24)16(3)22-10-12-23(13-11-22)27(25,26)19-9-8-17-6-4-5-7-18(17)14-19/h4-9,14-16H,10-13H2,1-3H3,(H,21,24)/p+1/t16-/m0/s1. The number of hydrogen-bond donors (Lipinski definition) is 2. The Morgan fingerprint density at radius 1 is 1.04 bits per heavy atom. The lowest BCUT2D eigenvalue weighted by Crippen LogP contribution is -3.19. The van der Waals surface area contributed by atoms with E-state index < -0.39 is 10.0 Å². The number of carbonyl (C=O) groups excluding carboxylic acids is 1. The molecule has 2 N–H and O–H groups in total. The van der Waals surface area contributed by atoms with Gasteiger partial charge in [0.25, 0.3) is 5.91 Å². The van der Waals surface area contributed by atoms with Crippen molar-refractivity contribution in [2.24, 2.45) is 0 Å². The Morgan fingerprint density at radius 3 is 2.30 bits per heavy atom. The van der Waals surface area contributed by atoms with Gasteiger partial charge in [0.2, 0.25) is 10.0 Å². The predicted octanol–water partition coefficient (Wildman–Crippen LogP) is 0.642. The zero-order chi connectivity index (χ0) is 19.6. The highest BCUT2D eigenvalue weighted by atomic mass is 32.2. The second-order valence-electron chi connectivity index (χ2n) is 7.46. The molecule has 27 heavy (non-hydrogen) atoms. The molecule has 0 aromatic heterocycles. The summed E-state index contributed by atoms with van der Waals surface area (Å²) in [5, 5.41) is 4.87. The lowest BCUT2D eigenvalue weighted by Gasteiger charge is -2.34. The minimum absolute atomic E-state index is 0.0193. The molecule has 0 unspecified atom stereocenters. The second kappa shape index (κ2) is 7.96. The highest BCUT2D eigenvalue weighted by molar-refractivity contribution is 7.89. The van der Waals surface area contributed by atoms with Gasteiger partial charge in [0, 0.05) is 6.04 Å². The van der Waals surface area contributed by atoms with Crippen LogP contribution in [-0.4, -0.2) is 56.9 Å². The van der Waals surface area contributed by atoms with Crippen molar-refractivity contribution in [1.82, 2.24) is 9.62 Å². The molecule has 1 aliphatic heterocycles. The maximum atomic E-state index is 13.0. The van der Waals surface area contributed by atoms with Crippen LogP contribution < -0.4 is 10.2 Å². The number of carbonyl (C=O) groups is 1. The summed E-state index contributed by atoms with van der Waals surface area (Å²) in [7, 11) is -3.52. The molecule has 0 radical (unpaired) electrons. The summed E-state index contributed by atoms with van der Waals surface area (Å²) in [6.07, 6.45) is 0. The number of fused-ring (bicyclic) bond motifs is 1. The molecule has 1 saturated heterocycles. The average Bonchev–Trinajstić information content (AvgIpc) is 2.66. The summed E-state index contributed by atoms with van der Waals surface area (Å²) in [6, 6.07) is 12.9. The van der Waals surface area contributed by atoms with E-state index in [1.165, 1.54) is 4.31 Å². The molecular weight excluding hydrogens is 362 g/mol. The first kappa shape index (κ1) is 19.8. The molecular formula is C20H28N3O3S+. The summed E-state index contributed by atoms with van der Waals surface area (Å²) >= 11 is 0. The van der Waals surface area contributed by atoms with Gasteiger partial charge in [0.1, 0.15) is 0 Å². The fraction of sp³-hybridized carbons (Fsp3) is 0.450. The smallest absolute Gasteiger partial charge is 0.278 e. The number of piperazine rings is 1. The van der Waals surface area contributed by atoms with Crippen LogP contribution in [0.25, 0.3) is 10.8 Å². The molecule has 1 amide bonds. The van der Waals surface area contributed by atoms with Gasteiger partial charge in [-0.2, -0.15) is 4.31 Å². The summed E-state index contributed by atoms with van der Waals surface area (Å²) in [5.74, 6) is 0.0193. The zero-order valence-electron chi connectivity index (χ0n) is 16.1. The van der Waals surface area contributed by atoms with Crippen molar-refractivity contribution < 1.29 is 18.1 Å². The van der Waals surface area contributed by atoms with Gasteiger partial charge in [-0.1, -0.05) is 30.3 Å². The lowest BCUT2D eigenvalue weighted by molar-refractivity contribution is -0.917.